The van der Waals surface area contributed by atoms with Crippen molar-refractivity contribution in [2.45, 2.75) is 6.92 Å². The summed E-state index contributed by atoms with van der Waals surface area (Å²) >= 11 is 0. The number of nitrogens with two attached hydrogens (primary N) is 1. The molecule has 0 radical (unpaired) electrons. The molecular formula is C12H14N2O. The quantitative estimate of drug-likeness (QED) is 0.741. The lowest BCUT2D eigenvalue weighted by atomic mass is 10.2. The van der Waals surface area contributed by atoms with E-state index < -0.39 is 0 Å². The van der Waals surface area contributed by atoms with Gasteiger partial charge < -0.3 is 10.6 Å². The maximum absolute atomic E-state index is 11.4. The van der Waals surface area contributed by atoms with Crippen LogP contribution in [0, 0.1) is 19.3 Å². The molecule has 1 aromatic rings. The number of terminal acetylenes is 1. The number of benzene rings is 1. The van der Waals surface area contributed by atoms with E-state index in [1.807, 2.05) is 31.2 Å². The van der Waals surface area contributed by atoms with Gasteiger partial charge in [0.2, 0.25) is 0 Å². The molecule has 0 saturated carbocycles. The molecule has 1 rings (SSSR count). The second-order valence-corrected chi connectivity index (χ2v) is 3.23. The Labute approximate surface area is 89.9 Å². The fourth-order valence-corrected chi connectivity index (χ4v) is 1.28. The minimum Gasteiger partial charge on any atom is -0.329 e. The molecule has 0 aromatic heterocycles. The highest BCUT2D eigenvalue weighted by Crippen LogP contribution is 2.14. The zero-order valence-electron chi connectivity index (χ0n) is 8.73. The smallest absolute Gasteiger partial charge is 0.302 e. The Morgan fingerprint density at radius 1 is 1.47 bits per heavy atom. The number of rotatable bonds is 3. The van der Waals surface area contributed by atoms with E-state index in [4.69, 9.17) is 12.2 Å². The highest BCUT2D eigenvalue weighted by molar-refractivity contribution is 6.05. The normalized spacial score (nSPS) is 9.40. The molecule has 0 saturated heterocycles. The summed E-state index contributed by atoms with van der Waals surface area (Å²) in [6.45, 7) is 2.81. The summed E-state index contributed by atoms with van der Waals surface area (Å²) in [5.41, 5.74) is 7.35. The number of hydrogen-bond acceptors (Lipinski definition) is 2. The lowest BCUT2D eigenvalue weighted by Gasteiger charge is -2.19. The molecule has 3 heteroatoms. The molecule has 0 aliphatic heterocycles. The summed E-state index contributed by atoms with van der Waals surface area (Å²) in [4.78, 5) is 12.9. The molecule has 3 nitrogen and oxygen atoms in total. The first-order valence-corrected chi connectivity index (χ1v) is 4.74. The third-order valence-electron chi connectivity index (χ3n) is 2.07. The maximum atomic E-state index is 11.4. The second-order valence-electron chi connectivity index (χ2n) is 3.23. The number of aryl methyl sites for hydroxylation is 1. The van der Waals surface area contributed by atoms with Crippen LogP contribution < -0.4 is 10.6 Å². The Balaban J connectivity index is 2.94. The first-order valence-electron chi connectivity index (χ1n) is 4.74. The van der Waals surface area contributed by atoms with Crippen molar-refractivity contribution < 1.29 is 4.79 Å². The summed E-state index contributed by atoms with van der Waals surface area (Å²) in [6, 6.07) is 7.59. The molecule has 0 atom stereocenters. The highest BCUT2D eigenvalue weighted by atomic mass is 16.2. The van der Waals surface area contributed by atoms with E-state index in [0.717, 1.165) is 11.3 Å². The van der Waals surface area contributed by atoms with E-state index in [0.29, 0.717) is 13.1 Å². The van der Waals surface area contributed by atoms with Gasteiger partial charge in [0.25, 0.3) is 0 Å². The molecule has 0 aliphatic carbocycles. The van der Waals surface area contributed by atoms with Crippen molar-refractivity contribution in [1.29, 1.82) is 0 Å². The van der Waals surface area contributed by atoms with E-state index >= 15 is 0 Å². The first kappa shape index (κ1) is 11.3. The number of nitrogens with zero attached hydrogens (tertiary/aromatic N) is 1. The summed E-state index contributed by atoms with van der Waals surface area (Å²) in [7, 11) is 0. The molecular weight excluding hydrogens is 188 g/mol. The van der Waals surface area contributed by atoms with Gasteiger partial charge in [-0.15, -0.1) is 6.42 Å². The molecule has 1 amide bonds. The van der Waals surface area contributed by atoms with Crippen LogP contribution in [0.1, 0.15) is 5.56 Å². The second kappa shape index (κ2) is 5.18. The number of carbonyl (C=O) groups excluding carboxylic acids is 1. The molecule has 15 heavy (non-hydrogen) atoms. The van der Waals surface area contributed by atoms with Gasteiger partial charge in [0.15, 0.2) is 0 Å². The third-order valence-corrected chi connectivity index (χ3v) is 2.07. The molecule has 0 spiro atoms. The topological polar surface area (TPSA) is 46.3 Å². The van der Waals surface area contributed by atoms with Crippen LogP contribution in [0.5, 0.6) is 0 Å². The van der Waals surface area contributed by atoms with Crippen LogP contribution in [0.3, 0.4) is 0 Å². The predicted octanol–water partition coefficient (Wildman–Crippen LogP) is 0.920. The van der Waals surface area contributed by atoms with E-state index in [1.165, 1.54) is 4.90 Å². The van der Waals surface area contributed by atoms with Crippen LogP contribution in [0.4, 0.5) is 5.69 Å². The number of carbonyl (C=O) groups is 1. The van der Waals surface area contributed by atoms with Crippen molar-refractivity contribution in [3.63, 3.8) is 0 Å². The van der Waals surface area contributed by atoms with E-state index in [-0.39, 0.29) is 5.91 Å². The largest absolute Gasteiger partial charge is 0.329 e. The predicted molar refractivity (Wildman–Crippen MR) is 61.4 cm³/mol. The number of anilines is 1. The summed E-state index contributed by atoms with van der Waals surface area (Å²) in [5, 5.41) is 0. The van der Waals surface area contributed by atoms with Crippen LogP contribution in [0.15, 0.2) is 24.3 Å². The van der Waals surface area contributed by atoms with Crippen molar-refractivity contribution in [2.24, 2.45) is 5.73 Å². The van der Waals surface area contributed by atoms with Gasteiger partial charge in [-0.05, 0) is 25.0 Å². The Bertz CT molecular complexity index is 376. The third kappa shape index (κ3) is 2.83. The SMILES string of the molecule is C#CC(=O)N(CCN)c1ccc(C)cc1. The van der Waals surface area contributed by atoms with Gasteiger partial charge in [-0.3, -0.25) is 4.79 Å². The molecule has 0 unspecified atom stereocenters. The summed E-state index contributed by atoms with van der Waals surface area (Å²) < 4.78 is 0. The molecule has 0 fully saturated rings. The van der Waals surface area contributed by atoms with Crippen molar-refractivity contribution >= 4 is 11.6 Å². The molecule has 78 valence electrons. The highest BCUT2D eigenvalue weighted by Gasteiger charge is 2.11. The fourth-order valence-electron chi connectivity index (χ4n) is 1.28. The number of amides is 1. The monoisotopic (exact) mass is 202 g/mol. The van der Waals surface area contributed by atoms with Crippen molar-refractivity contribution in [3.05, 3.63) is 29.8 Å². The van der Waals surface area contributed by atoms with E-state index in [1.54, 1.807) is 0 Å². The Morgan fingerprint density at radius 3 is 2.53 bits per heavy atom. The van der Waals surface area contributed by atoms with Gasteiger partial charge in [-0.2, -0.15) is 0 Å². The van der Waals surface area contributed by atoms with Crippen LogP contribution in [0.25, 0.3) is 0 Å². The Kier molecular flexibility index (Phi) is 3.90. The average Bonchev–Trinajstić information content (AvgIpc) is 2.26. The van der Waals surface area contributed by atoms with Gasteiger partial charge >= 0.3 is 5.91 Å². The first-order chi connectivity index (χ1) is 7.19. The van der Waals surface area contributed by atoms with Crippen LogP contribution in [0.2, 0.25) is 0 Å². The van der Waals surface area contributed by atoms with Gasteiger partial charge in [-0.1, -0.05) is 17.7 Å². The standard InChI is InChI=1S/C12H14N2O/c1-3-12(15)14(9-8-13)11-6-4-10(2)5-7-11/h1,4-7H,8-9,13H2,2H3. The van der Waals surface area contributed by atoms with Crippen molar-refractivity contribution in [2.75, 3.05) is 18.0 Å². The van der Waals surface area contributed by atoms with E-state index in [2.05, 4.69) is 5.92 Å². The minimum atomic E-state index is -0.357. The van der Waals surface area contributed by atoms with Gasteiger partial charge in [0.05, 0.1) is 0 Å². The van der Waals surface area contributed by atoms with Crippen LogP contribution in [-0.2, 0) is 4.79 Å². The van der Waals surface area contributed by atoms with Gasteiger partial charge in [-0.25, -0.2) is 0 Å². The molecule has 0 heterocycles. The van der Waals surface area contributed by atoms with Crippen LogP contribution in [-0.4, -0.2) is 19.0 Å². The molecule has 0 bridgehead atoms. The summed E-state index contributed by atoms with van der Waals surface area (Å²) in [6.07, 6.45) is 5.09. The minimum absolute atomic E-state index is 0.357. The fraction of sp³-hybridized carbons (Fsp3) is 0.250. The van der Waals surface area contributed by atoms with E-state index in [9.17, 15) is 4.79 Å². The Morgan fingerprint density at radius 2 is 2.07 bits per heavy atom. The van der Waals surface area contributed by atoms with Crippen LogP contribution >= 0.6 is 0 Å². The zero-order chi connectivity index (χ0) is 11.3. The lowest BCUT2D eigenvalue weighted by Crippen LogP contribution is -2.34. The maximum Gasteiger partial charge on any atom is 0.302 e. The summed E-state index contributed by atoms with van der Waals surface area (Å²) in [5.74, 6) is 1.74. The van der Waals surface area contributed by atoms with Gasteiger partial charge in [0.1, 0.15) is 0 Å². The Hall–Kier alpha value is -1.79. The molecule has 1 aromatic carbocycles. The molecule has 0 aliphatic rings. The zero-order valence-corrected chi connectivity index (χ0v) is 8.73. The lowest BCUT2D eigenvalue weighted by molar-refractivity contribution is -0.113. The number of hydrogen-bond donors (Lipinski definition) is 1. The van der Waals surface area contributed by atoms with Crippen molar-refractivity contribution in [1.82, 2.24) is 0 Å². The van der Waals surface area contributed by atoms with Crippen molar-refractivity contribution in [3.8, 4) is 12.3 Å². The van der Waals surface area contributed by atoms with Gasteiger partial charge in [0, 0.05) is 18.8 Å². The average molecular weight is 202 g/mol. The molecule has 2 N–H and O–H groups in total.